The van der Waals surface area contributed by atoms with Crippen LogP contribution in [-0.2, 0) is 6.42 Å². The molecule has 0 saturated carbocycles. The highest BCUT2D eigenvalue weighted by Gasteiger charge is 2.20. The van der Waals surface area contributed by atoms with Crippen molar-refractivity contribution in [2.45, 2.75) is 6.42 Å². The highest BCUT2D eigenvalue weighted by atomic mass is 32.1. The van der Waals surface area contributed by atoms with Crippen LogP contribution < -0.4 is 10.2 Å². The average Bonchev–Trinajstić information content (AvgIpc) is 3.28. The van der Waals surface area contributed by atoms with Crippen molar-refractivity contribution in [2.75, 3.05) is 42.9 Å². The first-order valence-electron chi connectivity index (χ1n) is 11.0. The lowest BCUT2D eigenvalue weighted by atomic mass is 10.1. The second-order valence-corrected chi connectivity index (χ2v) is 8.91. The quantitative estimate of drug-likeness (QED) is 0.461. The molecule has 1 fully saturated rings. The summed E-state index contributed by atoms with van der Waals surface area (Å²) in [5.41, 5.74) is 2.75. The van der Waals surface area contributed by atoms with Crippen LogP contribution in [0.15, 0.2) is 78.9 Å². The van der Waals surface area contributed by atoms with E-state index in [0.717, 1.165) is 50.6 Å². The fraction of sp³-hybridized carbons (Fsp3) is 0.231. The average molecular weight is 443 g/mol. The lowest BCUT2D eigenvalue weighted by Gasteiger charge is -2.35. The number of piperazine rings is 1. The van der Waals surface area contributed by atoms with Crippen molar-refractivity contribution < 1.29 is 4.79 Å². The van der Waals surface area contributed by atoms with Crippen molar-refractivity contribution in [1.29, 1.82) is 0 Å². The van der Waals surface area contributed by atoms with Crippen LogP contribution in [0.4, 0.5) is 11.5 Å². The Hall–Kier alpha value is -3.22. The molecule has 6 heteroatoms. The fourth-order valence-corrected chi connectivity index (χ4v) is 4.96. The van der Waals surface area contributed by atoms with Crippen molar-refractivity contribution in [3.63, 3.8) is 0 Å². The highest BCUT2D eigenvalue weighted by molar-refractivity contribution is 7.13. The summed E-state index contributed by atoms with van der Waals surface area (Å²) in [6, 6.07) is 26.0. The van der Waals surface area contributed by atoms with Crippen LogP contribution in [0.2, 0.25) is 0 Å². The van der Waals surface area contributed by atoms with E-state index in [1.165, 1.54) is 15.6 Å². The van der Waals surface area contributed by atoms with E-state index in [2.05, 4.69) is 51.5 Å². The van der Waals surface area contributed by atoms with Crippen LogP contribution in [-0.4, -0.2) is 47.9 Å². The number of rotatable bonds is 6. The van der Waals surface area contributed by atoms with E-state index < -0.39 is 0 Å². The third-order valence-electron chi connectivity index (χ3n) is 5.97. The zero-order valence-corrected chi connectivity index (χ0v) is 18.7. The van der Waals surface area contributed by atoms with Gasteiger partial charge >= 0.3 is 0 Å². The summed E-state index contributed by atoms with van der Waals surface area (Å²) < 4.78 is 5.96. The van der Waals surface area contributed by atoms with Crippen molar-refractivity contribution in [1.82, 2.24) is 9.27 Å². The van der Waals surface area contributed by atoms with Gasteiger partial charge in [0, 0.05) is 49.4 Å². The predicted molar refractivity (Wildman–Crippen MR) is 133 cm³/mol. The van der Waals surface area contributed by atoms with Gasteiger partial charge in [-0.05, 0) is 59.9 Å². The summed E-state index contributed by atoms with van der Waals surface area (Å²) in [7, 11) is 0. The molecule has 5 nitrogen and oxygen atoms in total. The largest absolute Gasteiger partial charge is 0.353 e. The molecule has 1 saturated heterocycles. The van der Waals surface area contributed by atoms with E-state index in [9.17, 15) is 4.79 Å². The Morgan fingerprint density at radius 1 is 0.906 bits per heavy atom. The molecule has 0 radical (unpaired) electrons. The van der Waals surface area contributed by atoms with Crippen LogP contribution in [0.5, 0.6) is 0 Å². The Morgan fingerprint density at radius 3 is 2.53 bits per heavy atom. The molecule has 1 N–H and O–H groups in total. The van der Waals surface area contributed by atoms with Crippen molar-refractivity contribution in [3.8, 4) is 0 Å². The number of nitrogens with zero attached hydrogens (tertiary/aromatic N) is 3. The molecule has 0 aliphatic carbocycles. The van der Waals surface area contributed by atoms with E-state index in [4.69, 9.17) is 4.37 Å². The van der Waals surface area contributed by atoms with Gasteiger partial charge in [0.1, 0.15) is 5.82 Å². The first kappa shape index (κ1) is 20.7. The molecule has 162 valence electrons. The van der Waals surface area contributed by atoms with Gasteiger partial charge in [0.15, 0.2) is 0 Å². The standard InChI is InChI=1S/C26H26N4OS/c31-26(21-8-2-1-3-9-21)27-22-10-6-7-20(19-22)13-14-29-15-17-30(18-16-29)25-23-11-4-5-12-24(23)32-28-25/h1-12,19H,13-18H2,(H,27,31). The molecule has 3 aromatic carbocycles. The third kappa shape index (κ3) is 4.66. The lowest BCUT2D eigenvalue weighted by Crippen LogP contribution is -2.47. The molecule has 1 aromatic heterocycles. The number of carbonyl (C=O) groups is 1. The molecule has 32 heavy (non-hydrogen) atoms. The second kappa shape index (κ2) is 9.51. The number of anilines is 2. The minimum atomic E-state index is -0.0755. The number of aromatic nitrogens is 1. The fourth-order valence-electron chi connectivity index (χ4n) is 4.17. The topological polar surface area (TPSA) is 48.5 Å². The molecule has 0 unspecified atom stereocenters. The van der Waals surface area contributed by atoms with Crippen molar-refractivity contribution >= 4 is 39.0 Å². The monoisotopic (exact) mass is 442 g/mol. The van der Waals surface area contributed by atoms with Gasteiger partial charge in [0.25, 0.3) is 5.91 Å². The molecule has 1 aliphatic heterocycles. The van der Waals surface area contributed by atoms with E-state index >= 15 is 0 Å². The normalized spacial score (nSPS) is 14.6. The Morgan fingerprint density at radius 2 is 1.69 bits per heavy atom. The van der Waals surface area contributed by atoms with Crippen LogP contribution in [0, 0.1) is 0 Å². The van der Waals surface area contributed by atoms with E-state index in [1.807, 2.05) is 42.5 Å². The zero-order chi connectivity index (χ0) is 21.8. The number of fused-ring (bicyclic) bond motifs is 1. The molecule has 5 rings (SSSR count). The van der Waals surface area contributed by atoms with Gasteiger partial charge in [-0.15, -0.1) is 0 Å². The van der Waals surface area contributed by atoms with Crippen molar-refractivity contribution in [3.05, 3.63) is 90.0 Å². The van der Waals surface area contributed by atoms with Gasteiger partial charge in [-0.1, -0.05) is 42.5 Å². The highest BCUT2D eigenvalue weighted by Crippen LogP contribution is 2.29. The molecule has 0 spiro atoms. The molecule has 2 heterocycles. The number of benzene rings is 3. The first-order valence-corrected chi connectivity index (χ1v) is 11.8. The van der Waals surface area contributed by atoms with Crippen LogP contribution in [0.3, 0.4) is 0 Å². The van der Waals surface area contributed by atoms with Gasteiger partial charge < -0.3 is 10.2 Å². The zero-order valence-electron chi connectivity index (χ0n) is 17.9. The number of nitrogens with one attached hydrogen (secondary N) is 1. The Labute approximate surface area is 192 Å². The first-order chi connectivity index (χ1) is 15.8. The third-order valence-corrected chi connectivity index (χ3v) is 6.78. The van der Waals surface area contributed by atoms with Gasteiger partial charge in [-0.3, -0.25) is 9.69 Å². The minimum Gasteiger partial charge on any atom is -0.353 e. The molecule has 0 atom stereocenters. The maximum Gasteiger partial charge on any atom is 0.255 e. The summed E-state index contributed by atoms with van der Waals surface area (Å²) >= 11 is 1.58. The molecule has 0 bridgehead atoms. The van der Waals surface area contributed by atoms with Gasteiger partial charge in [-0.25, -0.2) is 0 Å². The Balaban J connectivity index is 1.14. The van der Waals surface area contributed by atoms with Crippen molar-refractivity contribution in [2.24, 2.45) is 0 Å². The minimum absolute atomic E-state index is 0.0755. The Kier molecular flexibility index (Phi) is 6.14. The molecular weight excluding hydrogens is 416 g/mol. The molecule has 1 aliphatic rings. The summed E-state index contributed by atoms with van der Waals surface area (Å²) in [5.74, 6) is 1.06. The predicted octanol–water partition coefficient (Wildman–Crippen LogP) is 4.91. The number of carbonyl (C=O) groups excluding carboxylic acids is 1. The number of amides is 1. The Bertz CT molecular complexity index is 1200. The molecule has 4 aromatic rings. The summed E-state index contributed by atoms with van der Waals surface area (Å²) in [6.45, 7) is 5.09. The van der Waals surface area contributed by atoms with Crippen LogP contribution in [0.1, 0.15) is 15.9 Å². The van der Waals surface area contributed by atoms with E-state index in [1.54, 1.807) is 11.5 Å². The van der Waals surface area contributed by atoms with Gasteiger partial charge in [0.05, 0.1) is 4.70 Å². The molecule has 1 amide bonds. The van der Waals surface area contributed by atoms with Crippen LogP contribution >= 0.6 is 11.5 Å². The van der Waals surface area contributed by atoms with Gasteiger partial charge in [0.2, 0.25) is 0 Å². The second-order valence-electron chi connectivity index (χ2n) is 8.10. The van der Waals surface area contributed by atoms with E-state index in [0.29, 0.717) is 5.56 Å². The lowest BCUT2D eigenvalue weighted by molar-refractivity contribution is 0.102. The maximum absolute atomic E-state index is 12.4. The maximum atomic E-state index is 12.4. The molecular formula is C26H26N4OS. The van der Waals surface area contributed by atoms with Gasteiger partial charge in [-0.2, -0.15) is 4.37 Å². The SMILES string of the molecule is O=C(Nc1cccc(CCN2CCN(c3nsc4ccccc34)CC2)c1)c1ccccc1. The summed E-state index contributed by atoms with van der Waals surface area (Å²) in [6.07, 6.45) is 0.967. The smallest absolute Gasteiger partial charge is 0.255 e. The van der Waals surface area contributed by atoms with E-state index in [-0.39, 0.29) is 5.91 Å². The summed E-state index contributed by atoms with van der Waals surface area (Å²) in [4.78, 5) is 17.3. The summed E-state index contributed by atoms with van der Waals surface area (Å²) in [5, 5.41) is 4.27. The van der Waals surface area contributed by atoms with Crippen LogP contribution in [0.25, 0.3) is 10.1 Å². The number of hydrogen-bond donors (Lipinski definition) is 1. The number of hydrogen-bond acceptors (Lipinski definition) is 5.